The number of rotatable bonds is 5. The van der Waals surface area contributed by atoms with Crippen molar-refractivity contribution in [1.29, 1.82) is 0 Å². The Hall–Kier alpha value is -1.99. The van der Waals surface area contributed by atoms with Crippen LogP contribution in [0.4, 0.5) is 5.69 Å². The van der Waals surface area contributed by atoms with E-state index < -0.39 is 5.97 Å². The zero-order valence-electron chi connectivity index (χ0n) is 14.8. The number of anilines is 1. The van der Waals surface area contributed by atoms with Crippen molar-refractivity contribution in [3.05, 3.63) is 30.0 Å². The normalized spacial score (nSPS) is 21.1. The minimum Gasteiger partial charge on any atom is -0.481 e. The van der Waals surface area contributed by atoms with Gasteiger partial charge >= 0.3 is 5.97 Å². The number of ether oxygens (including phenoxy) is 1. The minimum absolute atomic E-state index is 0.0917. The average Bonchev–Trinajstić information content (AvgIpc) is 3.27. The quantitative estimate of drug-likeness (QED) is 0.842. The van der Waals surface area contributed by atoms with Crippen LogP contribution in [0, 0.1) is 0 Å². The first-order chi connectivity index (χ1) is 12.6. The Labute approximate surface area is 156 Å². The molecule has 1 saturated heterocycles. The molecule has 2 N–H and O–H groups in total. The van der Waals surface area contributed by atoms with Crippen LogP contribution >= 0.6 is 11.8 Å². The van der Waals surface area contributed by atoms with E-state index in [1.807, 2.05) is 0 Å². The Balaban J connectivity index is 1.62. The number of para-hydroxylation sites is 1. The third-order valence-corrected chi connectivity index (χ3v) is 6.26. The number of aliphatic imine (C=N–C) groups is 1. The molecule has 0 saturated carbocycles. The van der Waals surface area contributed by atoms with Crippen LogP contribution in [0.3, 0.4) is 0 Å². The van der Waals surface area contributed by atoms with Gasteiger partial charge in [0.25, 0.3) is 0 Å². The van der Waals surface area contributed by atoms with Gasteiger partial charge in [-0.1, -0.05) is 12.1 Å². The summed E-state index contributed by atoms with van der Waals surface area (Å²) in [4.78, 5) is 21.4. The lowest BCUT2D eigenvalue weighted by Crippen LogP contribution is -2.36. The largest absolute Gasteiger partial charge is 0.481 e. The Kier molecular flexibility index (Phi) is 4.91. The van der Waals surface area contributed by atoms with E-state index in [1.165, 1.54) is 5.69 Å². The Morgan fingerprint density at radius 2 is 2.23 bits per heavy atom. The minimum atomic E-state index is -0.794. The van der Waals surface area contributed by atoms with Gasteiger partial charge in [0, 0.05) is 37.4 Å². The molecule has 0 aliphatic carbocycles. The van der Waals surface area contributed by atoms with Crippen LogP contribution in [0.2, 0.25) is 0 Å². The van der Waals surface area contributed by atoms with Gasteiger partial charge < -0.3 is 19.7 Å². The number of fused-ring (bicyclic) bond motifs is 1. The fourth-order valence-corrected chi connectivity index (χ4v) is 4.72. The summed E-state index contributed by atoms with van der Waals surface area (Å²) >= 11 is 1.63. The van der Waals surface area contributed by atoms with Crippen LogP contribution in [0.1, 0.15) is 25.0 Å². The zero-order valence-corrected chi connectivity index (χ0v) is 15.6. The molecule has 2 aliphatic rings. The lowest BCUT2D eigenvalue weighted by atomic mass is 10.1. The topological polar surface area (TPSA) is 77.9 Å². The molecule has 0 amide bonds. The molecule has 1 aromatic carbocycles. The highest BCUT2D eigenvalue weighted by atomic mass is 32.2. The second-order valence-electron chi connectivity index (χ2n) is 6.88. The van der Waals surface area contributed by atoms with Gasteiger partial charge in [0.1, 0.15) is 5.04 Å². The molecule has 6 nitrogen and oxygen atoms in total. The van der Waals surface area contributed by atoms with Crippen molar-refractivity contribution in [1.82, 2.24) is 4.98 Å². The van der Waals surface area contributed by atoms with E-state index in [0.29, 0.717) is 6.04 Å². The van der Waals surface area contributed by atoms with Crippen molar-refractivity contribution in [2.45, 2.75) is 31.3 Å². The second kappa shape index (κ2) is 7.32. The number of nitrogens with zero attached hydrogens (tertiary/aromatic N) is 2. The van der Waals surface area contributed by atoms with E-state index in [4.69, 9.17) is 9.84 Å². The number of hydrogen-bond donors (Lipinski definition) is 2. The smallest absolute Gasteiger partial charge is 0.305 e. The molecule has 26 heavy (non-hydrogen) atoms. The fourth-order valence-electron chi connectivity index (χ4n) is 3.69. The molecule has 0 radical (unpaired) electrons. The molecule has 1 atom stereocenters. The molecular weight excluding hydrogens is 350 g/mol. The monoisotopic (exact) mass is 373 g/mol. The maximum Gasteiger partial charge on any atom is 0.305 e. The number of aromatic nitrogens is 1. The van der Waals surface area contributed by atoms with Gasteiger partial charge in [-0.15, -0.1) is 11.8 Å². The van der Waals surface area contributed by atoms with Crippen LogP contribution in [-0.4, -0.2) is 59.2 Å². The number of carboxylic acid groups (broad SMARTS) is 1. The van der Waals surface area contributed by atoms with Crippen molar-refractivity contribution in [3.63, 3.8) is 0 Å². The summed E-state index contributed by atoms with van der Waals surface area (Å²) in [6, 6.07) is 8.80. The summed E-state index contributed by atoms with van der Waals surface area (Å²) < 4.78 is 5.49. The van der Waals surface area contributed by atoms with Crippen molar-refractivity contribution in [2.75, 3.05) is 30.9 Å². The zero-order chi connectivity index (χ0) is 18.1. The van der Waals surface area contributed by atoms with Gasteiger partial charge in [-0.25, -0.2) is 0 Å². The molecule has 138 valence electrons. The van der Waals surface area contributed by atoms with E-state index >= 15 is 0 Å². The van der Waals surface area contributed by atoms with E-state index in [-0.39, 0.29) is 12.5 Å². The molecule has 2 aromatic rings. The van der Waals surface area contributed by atoms with Crippen LogP contribution in [0.5, 0.6) is 0 Å². The number of H-pyrrole nitrogens is 1. The van der Waals surface area contributed by atoms with E-state index in [2.05, 4.69) is 46.2 Å². The molecule has 2 aliphatic heterocycles. The number of aliphatic carboxylic acids is 1. The summed E-state index contributed by atoms with van der Waals surface area (Å²) in [5.74, 6) is -0.0659. The third-order valence-electron chi connectivity index (χ3n) is 5.11. The van der Waals surface area contributed by atoms with Crippen molar-refractivity contribution in [3.8, 4) is 0 Å². The first-order valence-corrected chi connectivity index (χ1v) is 9.95. The van der Waals surface area contributed by atoms with Crippen molar-refractivity contribution >= 4 is 39.4 Å². The summed E-state index contributed by atoms with van der Waals surface area (Å²) in [6.07, 6.45) is 2.17. The molecule has 4 rings (SSSR count). The Morgan fingerprint density at radius 3 is 3.00 bits per heavy atom. The van der Waals surface area contributed by atoms with E-state index in [0.717, 1.165) is 53.4 Å². The highest BCUT2D eigenvalue weighted by Crippen LogP contribution is 2.32. The van der Waals surface area contributed by atoms with Crippen LogP contribution in [0.25, 0.3) is 10.9 Å². The first kappa shape index (κ1) is 17.4. The van der Waals surface area contributed by atoms with Gasteiger partial charge in [0.2, 0.25) is 0 Å². The van der Waals surface area contributed by atoms with Crippen molar-refractivity contribution in [2.24, 2.45) is 4.99 Å². The molecule has 0 spiro atoms. The first-order valence-electron chi connectivity index (χ1n) is 8.97. The molecule has 0 unspecified atom stereocenters. The standard InChI is InChI=1S/C19H23N3O3S/c1-22(14-5-7-25-8-6-14)16-4-2-3-12-9-15(21-18(12)16)19-20-13(11-26-19)10-17(23)24/h2-4,9,13-14,21H,5-8,10-11H2,1H3,(H,23,24)/t13-/m0/s1. The third kappa shape index (κ3) is 3.46. The predicted molar refractivity (Wildman–Crippen MR) is 106 cm³/mol. The molecule has 3 heterocycles. The molecule has 1 fully saturated rings. The summed E-state index contributed by atoms with van der Waals surface area (Å²) in [6.45, 7) is 1.64. The molecule has 1 aromatic heterocycles. The summed E-state index contributed by atoms with van der Waals surface area (Å²) in [5, 5.41) is 11.0. The number of benzene rings is 1. The number of thioether (sulfide) groups is 1. The number of hydrogen-bond acceptors (Lipinski definition) is 5. The number of aromatic amines is 1. The number of carboxylic acids is 1. The maximum atomic E-state index is 10.9. The van der Waals surface area contributed by atoms with Crippen LogP contribution in [-0.2, 0) is 9.53 Å². The SMILES string of the molecule is CN(c1cccc2cc(C3=N[C@@H](CC(=O)O)CS3)[nH]c12)C1CCOCC1. The lowest BCUT2D eigenvalue weighted by Gasteiger charge is -2.33. The van der Waals surface area contributed by atoms with E-state index in [1.54, 1.807) is 11.8 Å². The Morgan fingerprint density at radius 1 is 1.42 bits per heavy atom. The lowest BCUT2D eigenvalue weighted by molar-refractivity contribution is -0.137. The maximum absolute atomic E-state index is 10.9. The fraction of sp³-hybridized carbons (Fsp3) is 0.474. The van der Waals surface area contributed by atoms with Crippen molar-refractivity contribution < 1.29 is 14.6 Å². The summed E-state index contributed by atoms with van der Waals surface area (Å²) in [7, 11) is 2.15. The molecule has 7 heteroatoms. The second-order valence-corrected chi connectivity index (χ2v) is 7.88. The van der Waals surface area contributed by atoms with Gasteiger partial charge in [0.15, 0.2) is 0 Å². The number of nitrogens with one attached hydrogen (secondary N) is 1. The van der Waals surface area contributed by atoms with E-state index in [9.17, 15) is 4.79 Å². The van der Waals surface area contributed by atoms with Crippen LogP contribution < -0.4 is 4.90 Å². The average molecular weight is 373 g/mol. The molecule has 0 bridgehead atoms. The van der Waals surface area contributed by atoms with Gasteiger partial charge in [-0.3, -0.25) is 9.79 Å². The Bertz CT molecular complexity index is 842. The van der Waals surface area contributed by atoms with Gasteiger partial charge in [0.05, 0.1) is 29.4 Å². The van der Waals surface area contributed by atoms with Gasteiger partial charge in [-0.2, -0.15) is 0 Å². The van der Waals surface area contributed by atoms with Gasteiger partial charge in [-0.05, 0) is 25.0 Å². The highest BCUT2D eigenvalue weighted by molar-refractivity contribution is 8.14. The number of carbonyl (C=O) groups is 1. The highest BCUT2D eigenvalue weighted by Gasteiger charge is 2.24. The molecular formula is C19H23N3O3S. The van der Waals surface area contributed by atoms with Crippen LogP contribution in [0.15, 0.2) is 29.3 Å². The summed E-state index contributed by atoms with van der Waals surface area (Å²) in [5.41, 5.74) is 3.28. The predicted octanol–water partition coefficient (Wildman–Crippen LogP) is 3.12.